The molecule has 0 saturated heterocycles. The molecule has 0 radical (unpaired) electrons. The fourth-order valence-electron chi connectivity index (χ4n) is 3.27. The zero-order chi connectivity index (χ0) is 17.7. The molecule has 1 heterocycles. The number of amides is 1. The van der Waals surface area contributed by atoms with E-state index in [0.29, 0.717) is 5.92 Å². The zero-order valence-electron chi connectivity index (χ0n) is 16.2. The van der Waals surface area contributed by atoms with E-state index in [0.717, 1.165) is 31.4 Å². The van der Waals surface area contributed by atoms with Gasteiger partial charge < -0.3 is 4.90 Å². The molecule has 0 aromatic heterocycles. The quantitative estimate of drug-likeness (QED) is 0.732. The van der Waals surface area contributed by atoms with E-state index >= 15 is 0 Å². The molecule has 1 amide bonds. The van der Waals surface area contributed by atoms with Gasteiger partial charge in [-0.25, -0.2) is 0 Å². The maximum Gasteiger partial charge on any atom is 0.251 e. The third kappa shape index (κ3) is 5.58. The van der Waals surface area contributed by atoms with Gasteiger partial charge >= 0.3 is 0 Å². The number of carbonyl (C=O) groups excluding carboxylic acids is 1. The second kappa shape index (κ2) is 9.98. The number of benzene rings is 1. The van der Waals surface area contributed by atoms with Crippen molar-refractivity contribution in [3.8, 4) is 0 Å². The van der Waals surface area contributed by atoms with Crippen LogP contribution in [-0.2, 0) is 11.2 Å². The van der Waals surface area contributed by atoms with Gasteiger partial charge in [0, 0.05) is 11.6 Å². The highest BCUT2D eigenvalue weighted by Crippen LogP contribution is 2.27. The van der Waals surface area contributed by atoms with Crippen molar-refractivity contribution in [3.63, 3.8) is 0 Å². The van der Waals surface area contributed by atoms with Gasteiger partial charge in [0.25, 0.3) is 5.91 Å². The predicted octanol–water partition coefficient (Wildman–Crippen LogP) is 4.57. The number of nitrogens with zero attached hydrogens (tertiary/aromatic N) is 1. The number of carbonyl (C=O) groups is 1. The number of nitrogens with one attached hydrogen (secondary N) is 1. The lowest BCUT2D eigenvalue weighted by Gasteiger charge is -2.33. The molecule has 1 N–H and O–H groups in total. The normalized spacial score (nSPS) is 18.7. The first-order valence-electron chi connectivity index (χ1n) is 9.19. The van der Waals surface area contributed by atoms with Crippen molar-refractivity contribution in [1.82, 2.24) is 10.2 Å². The monoisotopic (exact) mass is 364 g/mol. The Morgan fingerprint density at radius 2 is 1.72 bits per heavy atom. The average molecular weight is 365 g/mol. The molecular formula is C21H33ClN2O. The van der Waals surface area contributed by atoms with Crippen LogP contribution in [-0.4, -0.2) is 29.6 Å². The van der Waals surface area contributed by atoms with Crippen LogP contribution in [0.3, 0.4) is 0 Å². The topological polar surface area (TPSA) is 32.3 Å². The van der Waals surface area contributed by atoms with Gasteiger partial charge in [-0.05, 0) is 63.6 Å². The fraction of sp³-hybridized carbons (Fsp3) is 0.571. The number of rotatable bonds is 8. The molecule has 1 aromatic rings. The van der Waals surface area contributed by atoms with Crippen molar-refractivity contribution in [2.45, 2.75) is 66.1 Å². The molecule has 2 rings (SSSR count). The Bertz CT molecular complexity index is 583. The summed E-state index contributed by atoms with van der Waals surface area (Å²) in [4.78, 5) is 14.8. The van der Waals surface area contributed by atoms with Gasteiger partial charge in [-0.2, -0.15) is 0 Å². The fourth-order valence-corrected chi connectivity index (χ4v) is 3.27. The molecule has 2 unspecified atom stereocenters. The molecule has 0 aliphatic carbocycles. The molecule has 1 aliphatic rings. The molecule has 0 fully saturated rings. The van der Waals surface area contributed by atoms with E-state index in [9.17, 15) is 4.79 Å². The van der Waals surface area contributed by atoms with Gasteiger partial charge in [0.05, 0.1) is 0 Å². The smallest absolute Gasteiger partial charge is 0.251 e. The van der Waals surface area contributed by atoms with E-state index in [2.05, 4.69) is 57.3 Å². The molecule has 2 atom stereocenters. The minimum atomic E-state index is 0. The van der Waals surface area contributed by atoms with Crippen LogP contribution in [0.15, 0.2) is 41.5 Å². The standard InChI is InChI=1S/C21H32N2O.ClH/c1-15(2)13-14-22-20-17(4)18(5)21(24)23(20)16(3)11-12-19-9-7-6-8-10-19;/h6-10,15-16,20,22H,11-14H2,1-5H3;1H. The maximum atomic E-state index is 12.7. The largest absolute Gasteiger partial charge is 0.317 e. The van der Waals surface area contributed by atoms with Crippen molar-refractivity contribution in [2.24, 2.45) is 5.92 Å². The second-order valence-corrected chi connectivity index (χ2v) is 7.43. The summed E-state index contributed by atoms with van der Waals surface area (Å²) in [5.41, 5.74) is 3.42. The van der Waals surface area contributed by atoms with Crippen molar-refractivity contribution in [2.75, 3.05) is 6.54 Å². The molecule has 3 nitrogen and oxygen atoms in total. The molecule has 4 heteroatoms. The summed E-state index contributed by atoms with van der Waals surface area (Å²) in [5, 5.41) is 3.60. The van der Waals surface area contributed by atoms with Gasteiger partial charge in [-0.15, -0.1) is 12.4 Å². The molecule has 0 bridgehead atoms. The Kier molecular flexibility index (Phi) is 8.67. The number of hydrogen-bond acceptors (Lipinski definition) is 2. The van der Waals surface area contributed by atoms with Crippen molar-refractivity contribution in [3.05, 3.63) is 47.0 Å². The van der Waals surface area contributed by atoms with E-state index < -0.39 is 0 Å². The first-order chi connectivity index (χ1) is 11.4. The first-order valence-corrected chi connectivity index (χ1v) is 9.19. The van der Waals surface area contributed by atoms with Crippen LogP contribution in [0.1, 0.15) is 53.0 Å². The summed E-state index contributed by atoms with van der Waals surface area (Å²) in [6.45, 7) is 11.6. The van der Waals surface area contributed by atoms with E-state index in [1.807, 2.05) is 17.9 Å². The van der Waals surface area contributed by atoms with Crippen LogP contribution in [0.2, 0.25) is 0 Å². The van der Waals surface area contributed by atoms with Gasteiger partial charge in [0.1, 0.15) is 6.17 Å². The van der Waals surface area contributed by atoms with Crippen LogP contribution >= 0.6 is 12.4 Å². The van der Waals surface area contributed by atoms with Crippen molar-refractivity contribution in [1.29, 1.82) is 0 Å². The number of hydrogen-bond donors (Lipinski definition) is 1. The zero-order valence-corrected chi connectivity index (χ0v) is 17.0. The highest BCUT2D eigenvalue weighted by atomic mass is 35.5. The maximum absolute atomic E-state index is 12.7. The summed E-state index contributed by atoms with van der Waals surface area (Å²) in [7, 11) is 0. The van der Waals surface area contributed by atoms with Gasteiger partial charge in [-0.1, -0.05) is 44.2 Å². The lowest BCUT2D eigenvalue weighted by molar-refractivity contribution is -0.129. The van der Waals surface area contributed by atoms with Crippen LogP contribution < -0.4 is 5.32 Å². The van der Waals surface area contributed by atoms with Crippen molar-refractivity contribution >= 4 is 18.3 Å². The first kappa shape index (κ1) is 21.7. The van der Waals surface area contributed by atoms with Crippen molar-refractivity contribution < 1.29 is 4.79 Å². The SMILES string of the molecule is CC1=C(C)C(NCCC(C)C)N(C(C)CCc2ccccc2)C1=O.Cl. The highest BCUT2D eigenvalue weighted by molar-refractivity contribution is 5.97. The third-order valence-corrected chi connectivity index (χ3v) is 5.06. The Hall–Kier alpha value is -1.32. The summed E-state index contributed by atoms with van der Waals surface area (Å²) in [6.07, 6.45) is 3.17. The van der Waals surface area contributed by atoms with Crippen LogP contribution in [0.5, 0.6) is 0 Å². The minimum Gasteiger partial charge on any atom is -0.317 e. The molecule has 1 aliphatic heterocycles. The summed E-state index contributed by atoms with van der Waals surface area (Å²) >= 11 is 0. The lowest BCUT2D eigenvalue weighted by atomic mass is 10.0. The molecular weight excluding hydrogens is 332 g/mol. The average Bonchev–Trinajstić information content (AvgIpc) is 2.77. The molecule has 140 valence electrons. The molecule has 25 heavy (non-hydrogen) atoms. The number of aryl methyl sites for hydroxylation is 1. The van der Waals surface area contributed by atoms with E-state index in [1.54, 1.807) is 0 Å². The van der Waals surface area contributed by atoms with Gasteiger partial charge in [-0.3, -0.25) is 10.1 Å². The van der Waals surface area contributed by atoms with Gasteiger partial charge in [0.2, 0.25) is 0 Å². The third-order valence-electron chi connectivity index (χ3n) is 5.06. The van der Waals surface area contributed by atoms with Gasteiger partial charge in [0.15, 0.2) is 0 Å². The molecule has 1 aromatic carbocycles. The minimum absolute atomic E-state index is 0. The Labute approximate surface area is 159 Å². The molecule has 0 spiro atoms. The van der Waals surface area contributed by atoms with E-state index in [1.165, 1.54) is 11.1 Å². The van der Waals surface area contributed by atoms with E-state index in [4.69, 9.17) is 0 Å². The molecule has 0 saturated carbocycles. The van der Waals surface area contributed by atoms with Crippen LogP contribution in [0.25, 0.3) is 0 Å². The summed E-state index contributed by atoms with van der Waals surface area (Å²) in [5.74, 6) is 0.860. The Balaban J connectivity index is 0.00000312. The highest BCUT2D eigenvalue weighted by Gasteiger charge is 2.37. The lowest BCUT2D eigenvalue weighted by Crippen LogP contribution is -2.50. The van der Waals surface area contributed by atoms with Crippen LogP contribution in [0.4, 0.5) is 0 Å². The van der Waals surface area contributed by atoms with E-state index in [-0.39, 0.29) is 30.5 Å². The Morgan fingerprint density at radius 3 is 2.32 bits per heavy atom. The predicted molar refractivity (Wildman–Crippen MR) is 108 cm³/mol. The van der Waals surface area contributed by atoms with Crippen LogP contribution in [0, 0.1) is 5.92 Å². The number of halogens is 1. The summed E-state index contributed by atoms with van der Waals surface area (Å²) in [6, 6.07) is 10.7. The second-order valence-electron chi connectivity index (χ2n) is 7.43. The summed E-state index contributed by atoms with van der Waals surface area (Å²) < 4.78 is 0. The Morgan fingerprint density at radius 1 is 1.08 bits per heavy atom.